The van der Waals surface area contributed by atoms with E-state index in [-0.39, 0.29) is 30.9 Å². The Labute approximate surface area is 153 Å². The number of fused-ring (bicyclic) bond motifs is 2. The molecule has 1 aromatic carbocycles. The van der Waals surface area contributed by atoms with Crippen molar-refractivity contribution in [3.63, 3.8) is 0 Å². The maximum Gasteiger partial charge on any atom is 0.231 e. The van der Waals surface area contributed by atoms with E-state index in [0.29, 0.717) is 23.2 Å². The number of thiazole rings is 1. The van der Waals surface area contributed by atoms with Crippen molar-refractivity contribution in [2.75, 3.05) is 23.6 Å². The number of hydrogen-bond donors (Lipinski definition) is 1. The standard InChI is InChI=1S/C18H17N3O4S/c22-16-6-10(17(23)20-18-19-12-2-1-3-15(12)26-18)8-21(16)11-4-5-13-14(7-11)25-9-24-13/h4-5,7,10H,1-3,6,8-9H2,(H,19,20,23). The molecular formula is C18H17N3O4S. The Balaban J connectivity index is 1.29. The first-order chi connectivity index (χ1) is 12.7. The Morgan fingerprint density at radius 1 is 1.27 bits per heavy atom. The van der Waals surface area contributed by atoms with E-state index >= 15 is 0 Å². The number of amides is 2. The fourth-order valence-corrected chi connectivity index (χ4v) is 4.69. The van der Waals surface area contributed by atoms with Crippen LogP contribution < -0.4 is 19.7 Å². The lowest BCUT2D eigenvalue weighted by Gasteiger charge is -2.17. The van der Waals surface area contributed by atoms with Crippen LogP contribution in [0.4, 0.5) is 10.8 Å². The number of carbonyl (C=O) groups excluding carboxylic acids is 2. The summed E-state index contributed by atoms with van der Waals surface area (Å²) < 4.78 is 10.7. The molecular weight excluding hydrogens is 354 g/mol. The Morgan fingerprint density at radius 3 is 3.04 bits per heavy atom. The largest absolute Gasteiger partial charge is 0.454 e. The fourth-order valence-electron chi connectivity index (χ4n) is 3.64. The molecule has 2 aromatic rings. The number of carbonyl (C=O) groups is 2. The summed E-state index contributed by atoms with van der Waals surface area (Å²) in [5.41, 5.74) is 1.83. The first-order valence-corrected chi connectivity index (χ1v) is 9.48. The first kappa shape index (κ1) is 15.6. The van der Waals surface area contributed by atoms with E-state index in [1.165, 1.54) is 4.88 Å². The average Bonchev–Trinajstić information content (AvgIpc) is 3.36. The van der Waals surface area contributed by atoms with Crippen LogP contribution in [0.5, 0.6) is 11.5 Å². The molecule has 0 bridgehead atoms. The monoisotopic (exact) mass is 371 g/mol. The van der Waals surface area contributed by atoms with Crippen molar-refractivity contribution in [1.82, 2.24) is 4.98 Å². The minimum Gasteiger partial charge on any atom is -0.454 e. The van der Waals surface area contributed by atoms with Crippen molar-refractivity contribution in [2.45, 2.75) is 25.7 Å². The van der Waals surface area contributed by atoms with Gasteiger partial charge in [0.1, 0.15) is 0 Å². The molecule has 26 heavy (non-hydrogen) atoms. The van der Waals surface area contributed by atoms with Gasteiger partial charge in [-0.05, 0) is 31.4 Å². The first-order valence-electron chi connectivity index (χ1n) is 8.67. The van der Waals surface area contributed by atoms with Crippen LogP contribution in [0.25, 0.3) is 0 Å². The zero-order valence-corrected chi connectivity index (χ0v) is 14.8. The number of aryl methyl sites for hydroxylation is 2. The molecule has 1 aromatic heterocycles. The molecule has 1 N–H and O–H groups in total. The quantitative estimate of drug-likeness (QED) is 0.896. The van der Waals surface area contributed by atoms with Gasteiger partial charge in [0.25, 0.3) is 0 Å². The summed E-state index contributed by atoms with van der Waals surface area (Å²) >= 11 is 1.55. The second-order valence-corrected chi connectivity index (χ2v) is 7.76. The maximum absolute atomic E-state index is 12.6. The summed E-state index contributed by atoms with van der Waals surface area (Å²) in [6.45, 7) is 0.547. The summed E-state index contributed by atoms with van der Waals surface area (Å²) in [5.74, 6) is 0.707. The predicted molar refractivity (Wildman–Crippen MR) is 95.8 cm³/mol. The van der Waals surface area contributed by atoms with E-state index in [9.17, 15) is 9.59 Å². The maximum atomic E-state index is 12.6. The van der Waals surface area contributed by atoms with Crippen molar-refractivity contribution in [3.05, 3.63) is 28.8 Å². The number of anilines is 2. The minimum atomic E-state index is -0.383. The molecule has 3 aliphatic rings. The third-order valence-electron chi connectivity index (χ3n) is 4.99. The van der Waals surface area contributed by atoms with Crippen LogP contribution in [-0.4, -0.2) is 30.1 Å². The van der Waals surface area contributed by atoms with Crippen molar-refractivity contribution < 1.29 is 19.1 Å². The lowest BCUT2D eigenvalue weighted by Crippen LogP contribution is -2.28. The predicted octanol–water partition coefficient (Wildman–Crippen LogP) is 2.35. The van der Waals surface area contributed by atoms with E-state index in [4.69, 9.17) is 9.47 Å². The molecule has 1 saturated heterocycles. The summed E-state index contributed by atoms with van der Waals surface area (Å²) in [4.78, 5) is 32.4. The van der Waals surface area contributed by atoms with Crippen molar-refractivity contribution >= 4 is 34.0 Å². The molecule has 2 aliphatic heterocycles. The Morgan fingerprint density at radius 2 is 2.15 bits per heavy atom. The number of hydrogen-bond acceptors (Lipinski definition) is 6. The Kier molecular flexibility index (Phi) is 3.59. The van der Waals surface area contributed by atoms with Crippen LogP contribution in [-0.2, 0) is 22.4 Å². The molecule has 7 nitrogen and oxygen atoms in total. The molecule has 1 atom stereocenters. The third-order valence-corrected chi connectivity index (χ3v) is 6.06. The summed E-state index contributed by atoms with van der Waals surface area (Å²) in [5, 5.41) is 3.54. The molecule has 134 valence electrons. The number of ether oxygens (including phenoxy) is 2. The molecule has 1 fully saturated rings. The molecule has 0 saturated carbocycles. The lowest BCUT2D eigenvalue weighted by molar-refractivity contribution is -0.122. The van der Waals surface area contributed by atoms with Gasteiger partial charge in [0, 0.05) is 29.6 Å². The van der Waals surface area contributed by atoms with Gasteiger partial charge in [-0.1, -0.05) is 0 Å². The molecule has 1 unspecified atom stereocenters. The van der Waals surface area contributed by atoms with Crippen LogP contribution in [0.15, 0.2) is 18.2 Å². The number of nitrogens with zero attached hydrogens (tertiary/aromatic N) is 2. The van der Waals surface area contributed by atoms with Gasteiger partial charge in [0.15, 0.2) is 16.6 Å². The topological polar surface area (TPSA) is 80.8 Å². The van der Waals surface area contributed by atoms with E-state index in [1.807, 2.05) is 6.07 Å². The van der Waals surface area contributed by atoms with E-state index in [0.717, 1.165) is 30.6 Å². The van der Waals surface area contributed by atoms with Gasteiger partial charge in [-0.3, -0.25) is 9.59 Å². The summed E-state index contributed by atoms with van der Waals surface area (Å²) in [6, 6.07) is 5.39. The fraction of sp³-hybridized carbons (Fsp3) is 0.389. The second kappa shape index (κ2) is 5.98. The SMILES string of the molecule is O=C(Nc1nc2c(s1)CCC2)C1CC(=O)N(c2ccc3c(c2)OCO3)C1. The normalized spacial score (nSPS) is 20.5. The van der Waals surface area contributed by atoms with Crippen LogP contribution in [0.1, 0.15) is 23.4 Å². The third kappa shape index (κ3) is 2.61. The lowest BCUT2D eigenvalue weighted by atomic mass is 10.1. The molecule has 2 amide bonds. The minimum absolute atomic E-state index is 0.0642. The van der Waals surface area contributed by atoms with Gasteiger partial charge < -0.3 is 19.7 Å². The van der Waals surface area contributed by atoms with Crippen LogP contribution in [0.3, 0.4) is 0 Å². The molecule has 0 radical (unpaired) electrons. The number of nitrogens with one attached hydrogen (secondary N) is 1. The van der Waals surface area contributed by atoms with Gasteiger partial charge in [0.2, 0.25) is 18.6 Å². The number of rotatable bonds is 3. The summed E-state index contributed by atoms with van der Waals surface area (Å²) in [6.07, 6.45) is 3.37. The number of benzene rings is 1. The summed E-state index contributed by atoms with van der Waals surface area (Å²) in [7, 11) is 0. The molecule has 3 heterocycles. The zero-order chi connectivity index (χ0) is 17.7. The van der Waals surface area contributed by atoms with Gasteiger partial charge in [-0.15, -0.1) is 11.3 Å². The Bertz CT molecular complexity index is 888. The van der Waals surface area contributed by atoms with Gasteiger partial charge >= 0.3 is 0 Å². The molecule has 5 rings (SSSR count). The molecule has 1 aliphatic carbocycles. The average molecular weight is 371 g/mol. The van der Waals surface area contributed by atoms with E-state index < -0.39 is 0 Å². The second-order valence-electron chi connectivity index (χ2n) is 6.67. The van der Waals surface area contributed by atoms with Crippen LogP contribution >= 0.6 is 11.3 Å². The van der Waals surface area contributed by atoms with E-state index in [2.05, 4.69) is 10.3 Å². The highest BCUT2D eigenvalue weighted by Gasteiger charge is 2.36. The van der Waals surface area contributed by atoms with Gasteiger partial charge in [-0.25, -0.2) is 4.98 Å². The van der Waals surface area contributed by atoms with Crippen molar-refractivity contribution in [3.8, 4) is 11.5 Å². The van der Waals surface area contributed by atoms with Gasteiger partial charge in [-0.2, -0.15) is 0 Å². The Hall–Kier alpha value is -2.61. The smallest absolute Gasteiger partial charge is 0.231 e. The van der Waals surface area contributed by atoms with Crippen molar-refractivity contribution in [1.29, 1.82) is 0 Å². The highest BCUT2D eigenvalue weighted by atomic mass is 32.1. The molecule has 8 heteroatoms. The van der Waals surface area contributed by atoms with Crippen LogP contribution in [0.2, 0.25) is 0 Å². The van der Waals surface area contributed by atoms with Crippen LogP contribution in [0, 0.1) is 5.92 Å². The highest BCUT2D eigenvalue weighted by Crippen LogP contribution is 2.37. The zero-order valence-electron chi connectivity index (χ0n) is 14.0. The van der Waals surface area contributed by atoms with Gasteiger partial charge in [0.05, 0.1) is 11.6 Å². The van der Waals surface area contributed by atoms with Crippen molar-refractivity contribution in [2.24, 2.45) is 5.92 Å². The van der Waals surface area contributed by atoms with E-state index in [1.54, 1.807) is 28.4 Å². The highest BCUT2D eigenvalue weighted by molar-refractivity contribution is 7.15. The number of aromatic nitrogens is 1. The molecule has 0 spiro atoms.